The molecule has 0 bridgehead atoms. The Labute approximate surface area is 205 Å². The van der Waals surface area contributed by atoms with Gasteiger partial charge in [-0.15, -0.1) is 13.2 Å². The lowest BCUT2D eigenvalue weighted by Gasteiger charge is -2.36. The van der Waals surface area contributed by atoms with Gasteiger partial charge in [0.1, 0.15) is 11.6 Å². The van der Waals surface area contributed by atoms with E-state index >= 15 is 0 Å². The van der Waals surface area contributed by atoms with E-state index in [-0.39, 0.29) is 23.9 Å². The maximum absolute atomic E-state index is 13.3. The largest absolute Gasteiger partial charge is 0.573 e. The number of amides is 3. The average molecular weight is 501 g/mol. The second kappa shape index (κ2) is 10.3. The van der Waals surface area contributed by atoms with Crippen molar-refractivity contribution in [3.63, 3.8) is 0 Å². The number of rotatable bonds is 6. The maximum atomic E-state index is 13.3. The van der Waals surface area contributed by atoms with Crippen LogP contribution in [-0.2, 0) is 6.54 Å². The van der Waals surface area contributed by atoms with Crippen molar-refractivity contribution in [3.8, 4) is 5.75 Å². The zero-order valence-corrected chi connectivity index (χ0v) is 19.3. The minimum absolute atomic E-state index is 0.199. The van der Waals surface area contributed by atoms with Crippen LogP contribution in [0.1, 0.15) is 27.9 Å². The first-order chi connectivity index (χ1) is 17.1. The SMILES string of the molecule is Cc1ccc(N2CCCN(Cc3ccc(OC(F)(F)F)cc3)C2=O)c(NC(=O)c2ccc(F)cc2)c1. The van der Waals surface area contributed by atoms with Gasteiger partial charge in [-0.05, 0) is 73.0 Å². The molecule has 1 saturated heterocycles. The van der Waals surface area contributed by atoms with Crippen molar-refractivity contribution < 1.29 is 31.9 Å². The Morgan fingerprint density at radius 3 is 2.36 bits per heavy atom. The van der Waals surface area contributed by atoms with Crippen LogP contribution in [0.5, 0.6) is 5.75 Å². The number of hydrogen-bond acceptors (Lipinski definition) is 3. The summed E-state index contributed by atoms with van der Waals surface area (Å²) < 4.78 is 54.3. The van der Waals surface area contributed by atoms with Crippen molar-refractivity contribution in [1.29, 1.82) is 0 Å². The Morgan fingerprint density at radius 1 is 1.00 bits per heavy atom. The molecule has 0 radical (unpaired) electrons. The molecule has 4 rings (SSSR count). The molecular formula is C26H23F4N3O3. The molecule has 3 aromatic rings. The first-order valence-corrected chi connectivity index (χ1v) is 11.2. The number of nitrogens with zero attached hydrogens (tertiary/aromatic N) is 2. The number of alkyl halides is 3. The molecule has 1 N–H and O–H groups in total. The van der Waals surface area contributed by atoms with Gasteiger partial charge in [-0.2, -0.15) is 0 Å². The monoisotopic (exact) mass is 501 g/mol. The molecular weight excluding hydrogens is 478 g/mol. The summed E-state index contributed by atoms with van der Waals surface area (Å²) in [6, 6.07) is 15.5. The molecule has 0 spiro atoms. The summed E-state index contributed by atoms with van der Waals surface area (Å²) in [5.41, 5.74) is 2.74. The number of aryl methyl sites for hydroxylation is 1. The van der Waals surface area contributed by atoms with E-state index in [1.807, 2.05) is 13.0 Å². The van der Waals surface area contributed by atoms with E-state index in [4.69, 9.17) is 0 Å². The van der Waals surface area contributed by atoms with Gasteiger partial charge in [-0.25, -0.2) is 9.18 Å². The van der Waals surface area contributed by atoms with Gasteiger partial charge in [0.25, 0.3) is 5.91 Å². The molecule has 3 amide bonds. The van der Waals surface area contributed by atoms with Crippen LogP contribution in [0.25, 0.3) is 0 Å². The topological polar surface area (TPSA) is 61.9 Å². The number of urea groups is 1. The summed E-state index contributed by atoms with van der Waals surface area (Å²) in [6.07, 6.45) is -4.12. The lowest BCUT2D eigenvalue weighted by Crippen LogP contribution is -2.49. The number of carbonyl (C=O) groups excluding carboxylic acids is 2. The van der Waals surface area contributed by atoms with Gasteiger partial charge in [0.05, 0.1) is 11.4 Å². The summed E-state index contributed by atoms with van der Waals surface area (Å²) in [4.78, 5) is 29.2. The van der Waals surface area contributed by atoms with Crippen LogP contribution in [0.4, 0.5) is 33.7 Å². The van der Waals surface area contributed by atoms with E-state index in [1.165, 1.54) is 48.5 Å². The quantitative estimate of drug-likeness (QED) is 0.414. The Morgan fingerprint density at radius 2 is 1.69 bits per heavy atom. The van der Waals surface area contributed by atoms with E-state index in [1.54, 1.807) is 21.9 Å². The highest BCUT2D eigenvalue weighted by Crippen LogP contribution is 2.31. The number of benzene rings is 3. The highest BCUT2D eigenvalue weighted by Gasteiger charge is 2.31. The zero-order valence-electron chi connectivity index (χ0n) is 19.3. The molecule has 0 unspecified atom stereocenters. The summed E-state index contributed by atoms with van der Waals surface area (Å²) in [5.74, 6) is -1.23. The molecule has 0 atom stereocenters. The zero-order chi connectivity index (χ0) is 25.9. The van der Waals surface area contributed by atoms with Gasteiger partial charge in [0, 0.05) is 25.2 Å². The summed E-state index contributed by atoms with van der Waals surface area (Å²) in [6.45, 7) is 2.95. The van der Waals surface area contributed by atoms with Gasteiger partial charge in [0.15, 0.2) is 0 Å². The minimum Gasteiger partial charge on any atom is -0.406 e. The second-order valence-electron chi connectivity index (χ2n) is 8.38. The van der Waals surface area contributed by atoms with Gasteiger partial charge in [-0.3, -0.25) is 9.69 Å². The molecule has 0 aliphatic carbocycles. The number of hydrogen-bond donors (Lipinski definition) is 1. The number of nitrogens with one attached hydrogen (secondary N) is 1. The van der Waals surface area contributed by atoms with Crippen LogP contribution in [0.2, 0.25) is 0 Å². The first kappa shape index (κ1) is 25.0. The van der Waals surface area contributed by atoms with Gasteiger partial charge >= 0.3 is 12.4 Å². The van der Waals surface area contributed by atoms with Crippen molar-refractivity contribution in [2.24, 2.45) is 0 Å². The first-order valence-electron chi connectivity index (χ1n) is 11.2. The summed E-state index contributed by atoms with van der Waals surface area (Å²) >= 11 is 0. The van der Waals surface area contributed by atoms with Gasteiger partial charge in [-0.1, -0.05) is 18.2 Å². The third-order valence-corrected chi connectivity index (χ3v) is 5.64. The third-order valence-electron chi connectivity index (χ3n) is 5.64. The van der Waals surface area contributed by atoms with E-state index in [0.29, 0.717) is 36.4 Å². The normalized spacial score (nSPS) is 14.1. The number of anilines is 2. The third kappa shape index (κ3) is 6.12. The number of ether oxygens (including phenoxy) is 1. The maximum Gasteiger partial charge on any atom is 0.573 e. The molecule has 1 aliphatic rings. The molecule has 6 nitrogen and oxygen atoms in total. The summed E-state index contributed by atoms with van der Waals surface area (Å²) in [5, 5.41) is 2.81. The Hall–Kier alpha value is -4.08. The smallest absolute Gasteiger partial charge is 0.406 e. The van der Waals surface area contributed by atoms with E-state index in [9.17, 15) is 27.2 Å². The highest BCUT2D eigenvalue weighted by molar-refractivity contribution is 6.07. The van der Waals surface area contributed by atoms with Crippen molar-refractivity contribution in [2.45, 2.75) is 26.3 Å². The van der Waals surface area contributed by atoms with Crippen molar-refractivity contribution in [1.82, 2.24) is 4.90 Å². The fourth-order valence-electron chi connectivity index (χ4n) is 3.95. The van der Waals surface area contributed by atoms with Gasteiger partial charge < -0.3 is 15.0 Å². The molecule has 10 heteroatoms. The molecule has 0 aromatic heterocycles. The number of carbonyl (C=O) groups is 2. The van der Waals surface area contributed by atoms with Crippen LogP contribution in [0.3, 0.4) is 0 Å². The van der Waals surface area contributed by atoms with Crippen molar-refractivity contribution >= 4 is 23.3 Å². The van der Waals surface area contributed by atoms with Crippen LogP contribution < -0.4 is 15.0 Å². The van der Waals surface area contributed by atoms with Crippen LogP contribution >= 0.6 is 0 Å². The average Bonchev–Trinajstić information content (AvgIpc) is 2.82. The van der Waals surface area contributed by atoms with Crippen molar-refractivity contribution in [3.05, 3.63) is 89.2 Å². The molecule has 3 aromatic carbocycles. The molecule has 36 heavy (non-hydrogen) atoms. The fourth-order valence-corrected chi connectivity index (χ4v) is 3.95. The van der Waals surface area contributed by atoms with Crippen molar-refractivity contribution in [2.75, 3.05) is 23.3 Å². The fraction of sp³-hybridized carbons (Fsp3) is 0.231. The number of halogens is 4. The van der Waals surface area contributed by atoms with E-state index in [0.717, 1.165) is 5.56 Å². The minimum atomic E-state index is -4.78. The molecule has 0 saturated carbocycles. The lowest BCUT2D eigenvalue weighted by atomic mass is 10.1. The standard InChI is InChI=1S/C26H23F4N3O3/c1-17-3-12-23(22(15-17)31-24(34)19-6-8-20(27)9-7-19)33-14-2-13-32(25(33)35)16-18-4-10-21(11-5-18)36-26(28,29)30/h3-12,15H,2,13-14,16H2,1H3,(H,31,34). The molecule has 1 aliphatic heterocycles. The molecule has 188 valence electrons. The van der Waals surface area contributed by atoms with E-state index in [2.05, 4.69) is 10.1 Å². The summed E-state index contributed by atoms with van der Waals surface area (Å²) in [7, 11) is 0. The van der Waals surface area contributed by atoms with Crippen LogP contribution in [0.15, 0.2) is 66.7 Å². The second-order valence-corrected chi connectivity index (χ2v) is 8.38. The predicted octanol–water partition coefficient (Wildman–Crippen LogP) is 6.12. The Balaban J connectivity index is 1.51. The van der Waals surface area contributed by atoms with Gasteiger partial charge in [0.2, 0.25) is 0 Å². The van der Waals surface area contributed by atoms with Crippen LogP contribution in [0, 0.1) is 12.7 Å². The predicted molar refractivity (Wildman–Crippen MR) is 126 cm³/mol. The molecule has 1 fully saturated rings. The highest BCUT2D eigenvalue weighted by atomic mass is 19.4. The lowest BCUT2D eigenvalue weighted by molar-refractivity contribution is -0.274. The Bertz CT molecular complexity index is 1240. The Kier molecular flexibility index (Phi) is 7.14. The van der Waals surface area contributed by atoms with Crippen LogP contribution in [-0.4, -0.2) is 36.3 Å². The van der Waals surface area contributed by atoms with E-state index < -0.39 is 18.1 Å². The molecule has 1 heterocycles.